The molecule has 30 heavy (non-hydrogen) atoms. The molecular formula is C20H20N6OS3. The minimum Gasteiger partial charge on any atom is -0.302 e. The van der Waals surface area contributed by atoms with E-state index in [9.17, 15) is 4.79 Å². The lowest BCUT2D eigenvalue weighted by Crippen LogP contribution is -2.14. The molecule has 7 nitrogen and oxygen atoms in total. The summed E-state index contributed by atoms with van der Waals surface area (Å²) in [6.07, 6.45) is 0. The summed E-state index contributed by atoms with van der Waals surface area (Å²) in [4.78, 5) is 13.5. The highest BCUT2D eigenvalue weighted by atomic mass is 32.2. The lowest BCUT2D eigenvalue weighted by atomic mass is 10.0. The maximum atomic E-state index is 12.3. The predicted octanol–water partition coefficient (Wildman–Crippen LogP) is 4.89. The van der Waals surface area contributed by atoms with Crippen LogP contribution in [0.2, 0.25) is 0 Å². The number of thiophene rings is 1. The monoisotopic (exact) mass is 456 g/mol. The molecule has 0 aliphatic rings. The summed E-state index contributed by atoms with van der Waals surface area (Å²) in [5, 5.41) is 23.6. The molecule has 1 N–H and O–H groups in total. The van der Waals surface area contributed by atoms with Crippen LogP contribution in [0, 0.1) is 13.8 Å². The van der Waals surface area contributed by atoms with E-state index in [1.807, 2.05) is 25.1 Å². The van der Waals surface area contributed by atoms with Gasteiger partial charge in [-0.05, 0) is 26.3 Å². The Labute approximate surface area is 186 Å². The first-order valence-electron chi connectivity index (χ1n) is 9.36. The summed E-state index contributed by atoms with van der Waals surface area (Å²) in [5.41, 5.74) is 3.42. The Kier molecular flexibility index (Phi) is 6.26. The number of aryl methyl sites for hydroxylation is 2. The van der Waals surface area contributed by atoms with Crippen molar-refractivity contribution in [3.63, 3.8) is 0 Å². The number of anilines is 1. The molecule has 154 valence electrons. The Morgan fingerprint density at radius 3 is 2.63 bits per heavy atom. The quantitative estimate of drug-likeness (QED) is 0.398. The highest BCUT2D eigenvalue weighted by molar-refractivity contribution is 7.99. The minimum absolute atomic E-state index is 0.139. The van der Waals surface area contributed by atoms with Crippen LogP contribution in [0.5, 0.6) is 0 Å². The topological polar surface area (TPSA) is 85.6 Å². The number of rotatable bonds is 7. The number of carbonyl (C=O) groups excluding carboxylic acids is 1. The molecule has 0 atom stereocenters. The van der Waals surface area contributed by atoms with Gasteiger partial charge < -0.3 is 4.57 Å². The van der Waals surface area contributed by atoms with Gasteiger partial charge in [0.15, 0.2) is 11.0 Å². The highest BCUT2D eigenvalue weighted by Gasteiger charge is 2.20. The maximum absolute atomic E-state index is 12.3. The van der Waals surface area contributed by atoms with Gasteiger partial charge in [0.1, 0.15) is 5.01 Å². The van der Waals surface area contributed by atoms with Gasteiger partial charge in [0.25, 0.3) is 0 Å². The number of aromatic nitrogens is 5. The zero-order chi connectivity index (χ0) is 21.1. The summed E-state index contributed by atoms with van der Waals surface area (Å²) in [5.74, 6) is 0.911. The minimum atomic E-state index is -0.139. The molecule has 0 fully saturated rings. The van der Waals surface area contributed by atoms with Crippen LogP contribution in [0.15, 0.2) is 40.9 Å². The fraction of sp³-hybridized carbons (Fsp3) is 0.250. The number of nitrogens with one attached hydrogen (secondary N) is 1. The number of nitrogens with zero attached hydrogens (tertiary/aromatic N) is 5. The molecule has 0 bridgehead atoms. The molecule has 0 unspecified atom stereocenters. The molecule has 0 saturated carbocycles. The standard InChI is InChI=1S/C20H20N6OS3/c1-4-26-18(15-10-28-12(2)17(15)14-8-6-5-7-9-14)23-25-20(26)29-11-16(27)21-19-24-22-13(3)30-19/h5-10H,4,11H2,1-3H3,(H,21,24,27). The first-order valence-corrected chi connectivity index (χ1v) is 12.0. The summed E-state index contributed by atoms with van der Waals surface area (Å²) in [7, 11) is 0. The zero-order valence-corrected chi connectivity index (χ0v) is 19.2. The van der Waals surface area contributed by atoms with E-state index in [-0.39, 0.29) is 11.7 Å². The van der Waals surface area contributed by atoms with Crippen LogP contribution in [-0.2, 0) is 11.3 Å². The van der Waals surface area contributed by atoms with Crippen molar-refractivity contribution in [1.29, 1.82) is 0 Å². The molecule has 1 aromatic carbocycles. The number of thioether (sulfide) groups is 1. The van der Waals surface area contributed by atoms with Crippen molar-refractivity contribution in [1.82, 2.24) is 25.0 Å². The fourth-order valence-corrected chi connectivity index (χ4v) is 5.37. The van der Waals surface area contributed by atoms with Crippen LogP contribution < -0.4 is 5.32 Å². The summed E-state index contributed by atoms with van der Waals surface area (Å²) in [6.45, 7) is 6.74. The second kappa shape index (κ2) is 9.07. The number of amides is 1. The van der Waals surface area contributed by atoms with E-state index in [1.165, 1.54) is 33.5 Å². The molecule has 10 heteroatoms. The van der Waals surface area contributed by atoms with Gasteiger partial charge in [-0.1, -0.05) is 53.4 Å². The van der Waals surface area contributed by atoms with Crippen LogP contribution in [0.1, 0.15) is 16.8 Å². The molecule has 0 radical (unpaired) electrons. The van der Waals surface area contributed by atoms with E-state index in [2.05, 4.69) is 61.6 Å². The Morgan fingerprint density at radius 2 is 1.93 bits per heavy atom. The van der Waals surface area contributed by atoms with E-state index >= 15 is 0 Å². The van der Waals surface area contributed by atoms with Gasteiger partial charge in [-0.3, -0.25) is 10.1 Å². The Morgan fingerprint density at radius 1 is 1.13 bits per heavy atom. The smallest absolute Gasteiger partial charge is 0.236 e. The molecule has 1 amide bonds. The van der Waals surface area contributed by atoms with Crippen molar-refractivity contribution in [2.45, 2.75) is 32.5 Å². The van der Waals surface area contributed by atoms with E-state index in [0.29, 0.717) is 11.7 Å². The van der Waals surface area contributed by atoms with E-state index in [1.54, 1.807) is 11.3 Å². The van der Waals surface area contributed by atoms with Crippen LogP contribution >= 0.6 is 34.4 Å². The van der Waals surface area contributed by atoms with E-state index < -0.39 is 0 Å². The third kappa shape index (κ3) is 4.30. The van der Waals surface area contributed by atoms with Crippen molar-refractivity contribution in [2.24, 2.45) is 0 Å². The van der Waals surface area contributed by atoms with Gasteiger partial charge >= 0.3 is 0 Å². The van der Waals surface area contributed by atoms with Crippen LogP contribution in [0.25, 0.3) is 22.5 Å². The number of hydrogen-bond donors (Lipinski definition) is 1. The molecule has 0 saturated heterocycles. The molecular weight excluding hydrogens is 436 g/mol. The molecule has 0 aliphatic heterocycles. The predicted molar refractivity (Wildman–Crippen MR) is 123 cm³/mol. The third-order valence-electron chi connectivity index (χ3n) is 4.42. The first-order chi connectivity index (χ1) is 14.6. The molecule has 3 heterocycles. The Hall–Kier alpha value is -2.56. The first kappa shape index (κ1) is 20.7. The van der Waals surface area contributed by atoms with Gasteiger partial charge in [-0.2, -0.15) is 0 Å². The van der Waals surface area contributed by atoms with Crippen molar-refractivity contribution in [2.75, 3.05) is 11.1 Å². The zero-order valence-electron chi connectivity index (χ0n) is 16.7. The van der Waals surface area contributed by atoms with Gasteiger partial charge in [-0.15, -0.1) is 31.7 Å². The van der Waals surface area contributed by atoms with Gasteiger partial charge in [0.2, 0.25) is 11.0 Å². The third-order valence-corrected chi connectivity index (χ3v) is 7.05. The maximum Gasteiger partial charge on any atom is 0.236 e. The van der Waals surface area contributed by atoms with Crippen molar-refractivity contribution < 1.29 is 4.79 Å². The van der Waals surface area contributed by atoms with Gasteiger partial charge in [0, 0.05) is 27.9 Å². The summed E-state index contributed by atoms with van der Waals surface area (Å²) in [6, 6.07) is 10.3. The second-order valence-electron chi connectivity index (χ2n) is 6.46. The average Bonchev–Trinajstić information content (AvgIpc) is 3.45. The molecule has 0 spiro atoms. The van der Waals surface area contributed by atoms with Crippen LogP contribution in [-0.4, -0.2) is 36.6 Å². The SMILES string of the molecule is CCn1c(SCC(=O)Nc2nnc(C)s2)nnc1-c1csc(C)c1-c1ccccc1. The Balaban J connectivity index is 1.56. The van der Waals surface area contributed by atoms with Crippen molar-refractivity contribution in [3.05, 3.63) is 45.6 Å². The summed E-state index contributed by atoms with van der Waals surface area (Å²) < 4.78 is 2.06. The molecule has 0 aliphatic carbocycles. The van der Waals surface area contributed by atoms with Crippen molar-refractivity contribution in [3.8, 4) is 22.5 Å². The Bertz CT molecular complexity index is 1160. The van der Waals surface area contributed by atoms with Gasteiger partial charge in [0.05, 0.1) is 5.75 Å². The normalized spacial score (nSPS) is 11.0. The summed E-state index contributed by atoms with van der Waals surface area (Å²) >= 11 is 4.43. The average molecular weight is 457 g/mol. The molecule has 3 aromatic heterocycles. The lowest BCUT2D eigenvalue weighted by molar-refractivity contribution is -0.113. The number of hydrogen-bond acceptors (Lipinski definition) is 8. The lowest BCUT2D eigenvalue weighted by Gasteiger charge is -2.09. The highest BCUT2D eigenvalue weighted by Crippen LogP contribution is 2.39. The molecule has 4 aromatic rings. The van der Waals surface area contributed by atoms with Gasteiger partial charge in [-0.25, -0.2) is 0 Å². The fourth-order valence-electron chi connectivity index (χ4n) is 3.10. The van der Waals surface area contributed by atoms with Crippen LogP contribution in [0.4, 0.5) is 5.13 Å². The largest absolute Gasteiger partial charge is 0.302 e. The van der Waals surface area contributed by atoms with E-state index in [0.717, 1.165) is 27.1 Å². The molecule has 4 rings (SSSR count). The number of benzene rings is 1. The van der Waals surface area contributed by atoms with E-state index in [4.69, 9.17) is 0 Å². The number of carbonyl (C=O) groups is 1. The van der Waals surface area contributed by atoms with Crippen molar-refractivity contribution >= 4 is 45.5 Å². The second-order valence-corrected chi connectivity index (χ2v) is 9.67. The van der Waals surface area contributed by atoms with Crippen LogP contribution in [0.3, 0.4) is 0 Å².